The van der Waals surface area contributed by atoms with Crippen molar-refractivity contribution in [1.29, 1.82) is 0 Å². The van der Waals surface area contributed by atoms with Gasteiger partial charge in [-0.15, -0.1) is 11.3 Å². The van der Waals surface area contributed by atoms with Gasteiger partial charge in [-0.25, -0.2) is 4.39 Å². The summed E-state index contributed by atoms with van der Waals surface area (Å²) >= 11 is 7.31. The summed E-state index contributed by atoms with van der Waals surface area (Å²) in [6.45, 7) is 0. The number of aldehydes is 1. The van der Waals surface area contributed by atoms with Crippen molar-refractivity contribution in [3.05, 3.63) is 46.0 Å². The lowest BCUT2D eigenvalue weighted by atomic mass is 10.1. The number of carbonyl (C=O) groups is 1. The zero-order valence-electron chi connectivity index (χ0n) is 7.54. The molecule has 0 aliphatic heterocycles. The lowest BCUT2D eigenvalue weighted by Gasteiger charge is -2.02. The molecule has 0 saturated carbocycles. The second-order valence-electron chi connectivity index (χ2n) is 2.95. The highest BCUT2D eigenvalue weighted by atomic mass is 35.5. The summed E-state index contributed by atoms with van der Waals surface area (Å²) in [6, 6.07) is 5.75. The van der Waals surface area contributed by atoms with Gasteiger partial charge in [-0.1, -0.05) is 11.6 Å². The molecular weight excluding hydrogens is 235 g/mol. The molecule has 2 aromatic rings. The Balaban J connectivity index is 2.65. The third kappa shape index (κ3) is 1.94. The SMILES string of the molecule is O=Cc1ccc(F)cc1-c1sccc1Cl. The molecule has 0 atom stereocenters. The molecule has 1 aromatic carbocycles. The first-order valence-electron chi connectivity index (χ1n) is 4.20. The first kappa shape index (κ1) is 10.3. The van der Waals surface area contributed by atoms with E-state index in [1.807, 2.05) is 0 Å². The molecule has 0 amide bonds. The van der Waals surface area contributed by atoms with Gasteiger partial charge in [-0.05, 0) is 29.6 Å². The molecule has 0 bridgehead atoms. The number of halogens is 2. The Morgan fingerprint density at radius 2 is 2.13 bits per heavy atom. The molecule has 0 saturated heterocycles. The topological polar surface area (TPSA) is 17.1 Å². The number of carbonyl (C=O) groups excluding carboxylic acids is 1. The summed E-state index contributed by atoms with van der Waals surface area (Å²) < 4.78 is 13.1. The molecule has 0 N–H and O–H groups in total. The van der Waals surface area contributed by atoms with Crippen LogP contribution < -0.4 is 0 Å². The van der Waals surface area contributed by atoms with Crippen LogP contribution >= 0.6 is 22.9 Å². The van der Waals surface area contributed by atoms with Crippen molar-refractivity contribution in [2.45, 2.75) is 0 Å². The molecule has 0 aliphatic carbocycles. The van der Waals surface area contributed by atoms with Gasteiger partial charge in [-0.2, -0.15) is 0 Å². The fraction of sp³-hybridized carbons (Fsp3) is 0. The lowest BCUT2D eigenvalue weighted by molar-refractivity contribution is 0.112. The van der Waals surface area contributed by atoms with Crippen molar-refractivity contribution in [3.8, 4) is 10.4 Å². The molecule has 15 heavy (non-hydrogen) atoms. The van der Waals surface area contributed by atoms with E-state index in [-0.39, 0.29) is 5.82 Å². The average Bonchev–Trinajstić information content (AvgIpc) is 2.64. The molecule has 2 rings (SSSR count). The van der Waals surface area contributed by atoms with Gasteiger partial charge >= 0.3 is 0 Å². The highest BCUT2D eigenvalue weighted by Gasteiger charge is 2.10. The molecule has 1 nitrogen and oxygen atoms in total. The summed E-state index contributed by atoms with van der Waals surface area (Å²) in [6.07, 6.45) is 0.699. The van der Waals surface area contributed by atoms with Gasteiger partial charge in [-0.3, -0.25) is 4.79 Å². The van der Waals surface area contributed by atoms with E-state index >= 15 is 0 Å². The Bertz CT molecular complexity index is 507. The van der Waals surface area contributed by atoms with Crippen molar-refractivity contribution in [3.63, 3.8) is 0 Å². The summed E-state index contributed by atoms with van der Waals surface area (Å²) in [5.74, 6) is -0.375. The van der Waals surface area contributed by atoms with E-state index in [0.717, 1.165) is 4.88 Å². The van der Waals surface area contributed by atoms with Crippen LogP contribution in [0.3, 0.4) is 0 Å². The molecule has 1 heterocycles. The zero-order valence-corrected chi connectivity index (χ0v) is 9.11. The first-order valence-corrected chi connectivity index (χ1v) is 5.46. The lowest BCUT2D eigenvalue weighted by Crippen LogP contribution is -1.87. The van der Waals surface area contributed by atoms with Crippen LogP contribution in [0.4, 0.5) is 4.39 Å². The molecule has 0 spiro atoms. The monoisotopic (exact) mass is 240 g/mol. The molecule has 4 heteroatoms. The minimum Gasteiger partial charge on any atom is -0.298 e. The molecular formula is C11H6ClFOS. The van der Waals surface area contributed by atoms with E-state index in [4.69, 9.17) is 11.6 Å². The standard InChI is InChI=1S/C11H6ClFOS/c12-10-3-4-15-11(10)9-5-8(13)2-1-7(9)6-14/h1-6H. The molecule has 1 aromatic heterocycles. The average molecular weight is 241 g/mol. The first-order chi connectivity index (χ1) is 7.22. The highest BCUT2D eigenvalue weighted by molar-refractivity contribution is 7.14. The van der Waals surface area contributed by atoms with Gasteiger partial charge in [0.25, 0.3) is 0 Å². The number of hydrogen-bond acceptors (Lipinski definition) is 2. The van der Waals surface area contributed by atoms with Crippen molar-refractivity contribution in [2.24, 2.45) is 0 Å². The minimum atomic E-state index is -0.375. The van der Waals surface area contributed by atoms with E-state index in [9.17, 15) is 9.18 Å². The van der Waals surface area contributed by atoms with Gasteiger partial charge < -0.3 is 0 Å². The summed E-state index contributed by atoms with van der Waals surface area (Å²) in [4.78, 5) is 11.5. The van der Waals surface area contributed by atoms with Crippen LogP contribution in [0, 0.1) is 5.82 Å². The van der Waals surface area contributed by atoms with Crippen LogP contribution in [-0.4, -0.2) is 6.29 Å². The Hall–Kier alpha value is -1.19. The van der Waals surface area contributed by atoms with Crippen molar-refractivity contribution in [2.75, 3.05) is 0 Å². The fourth-order valence-corrected chi connectivity index (χ4v) is 2.51. The van der Waals surface area contributed by atoms with Crippen LogP contribution in [0.15, 0.2) is 29.6 Å². The van der Waals surface area contributed by atoms with E-state index in [2.05, 4.69) is 0 Å². The van der Waals surface area contributed by atoms with Crippen LogP contribution in [0.1, 0.15) is 10.4 Å². The third-order valence-electron chi connectivity index (χ3n) is 2.00. The largest absolute Gasteiger partial charge is 0.298 e. The van der Waals surface area contributed by atoms with Crippen molar-refractivity contribution >= 4 is 29.2 Å². The quantitative estimate of drug-likeness (QED) is 0.725. The number of hydrogen-bond donors (Lipinski definition) is 0. The molecule has 0 fully saturated rings. The van der Waals surface area contributed by atoms with Crippen molar-refractivity contribution in [1.82, 2.24) is 0 Å². The molecule has 0 radical (unpaired) electrons. The van der Waals surface area contributed by atoms with Gasteiger partial charge in [0.15, 0.2) is 6.29 Å². The Morgan fingerprint density at radius 3 is 2.73 bits per heavy atom. The molecule has 0 unspecified atom stereocenters. The van der Waals surface area contributed by atoms with Gasteiger partial charge in [0.1, 0.15) is 5.82 Å². The predicted molar refractivity (Wildman–Crippen MR) is 60.1 cm³/mol. The summed E-state index contributed by atoms with van der Waals surface area (Å²) in [5, 5.41) is 2.34. The van der Waals surface area contributed by atoms with Gasteiger partial charge in [0, 0.05) is 11.1 Å². The Kier molecular flexibility index (Phi) is 2.84. The van der Waals surface area contributed by atoms with E-state index in [1.165, 1.54) is 29.5 Å². The van der Waals surface area contributed by atoms with E-state index in [1.54, 1.807) is 11.4 Å². The van der Waals surface area contributed by atoms with Gasteiger partial charge in [0.05, 0.1) is 9.90 Å². The number of rotatable bonds is 2. The van der Waals surface area contributed by atoms with Gasteiger partial charge in [0.2, 0.25) is 0 Å². The maximum absolute atomic E-state index is 13.1. The minimum absolute atomic E-state index is 0.375. The maximum Gasteiger partial charge on any atom is 0.150 e. The second-order valence-corrected chi connectivity index (χ2v) is 4.27. The molecule has 0 aliphatic rings. The number of thiophene rings is 1. The summed E-state index contributed by atoms with van der Waals surface area (Å²) in [5.41, 5.74) is 0.991. The molecule has 76 valence electrons. The number of benzene rings is 1. The van der Waals surface area contributed by atoms with Crippen LogP contribution in [-0.2, 0) is 0 Å². The van der Waals surface area contributed by atoms with E-state index < -0.39 is 0 Å². The van der Waals surface area contributed by atoms with Crippen LogP contribution in [0.5, 0.6) is 0 Å². The Morgan fingerprint density at radius 1 is 1.33 bits per heavy atom. The van der Waals surface area contributed by atoms with E-state index in [0.29, 0.717) is 22.4 Å². The Labute approximate surface area is 95.1 Å². The second kappa shape index (κ2) is 4.13. The highest BCUT2D eigenvalue weighted by Crippen LogP contribution is 2.35. The normalized spacial score (nSPS) is 10.3. The zero-order chi connectivity index (χ0) is 10.8. The van der Waals surface area contributed by atoms with Crippen LogP contribution in [0.2, 0.25) is 5.02 Å². The third-order valence-corrected chi connectivity index (χ3v) is 3.38. The predicted octanol–water partition coefficient (Wildman–Crippen LogP) is 4.02. The fourth-order valence-electron chi connectivity index (χ4n) is 1.31. The maximum atomic E-state index is 13.1. The smallest absolute Gasteiger partial charge is 0.150 e. The summed E-state index contributed by atoms with van der Waals surface area (Å²) in [7, 11) is 0. The van der Waals surface area contributed by atoms with Crippen LogP contribution in [0.25, 0.3) is 10.4 Å². The van der Waals surface area contributed by atoms with Crippen molar-refractivity contribution < 1.29 is 9.18 Å².